The normalized spacial score (nSPS) is 10.2. The highest BCUT2D eigenvalue weighted by atomic mass is 32.2. The maximum absolute atomic E-state index is 12.3. The molecule has 0 radical (unpaired) electrons. The van der Waals surface area contributed by atoms with E-state index in [4.69, 9.17) is 5.11 Å². The number of likely N-dealkylation sites (N-methyl/N-ethyl adjacent to an activating group) is 1. The van der Waals surface area contributed by atoms with Crippen molar-refractivity contribution in [3.63, 3.8) is 0 Å². The highest BCUT2D eigenvalue weighted by Gasteiger charge is 2.18. The van der Waals surface area contributed by atoms with Crippen LogP contribution in [-0.4, -0.2) is 41.2 Å². The standard InChI is InChI=1S/C13H17NO3S/c1-4-14(8-12(15)16)13(17)11-7-10(18-3)6-5-9(11)2/h5-7H,4,8H2,1-3H3,(H,15,16). The monoisotopic (exact) mass is 267 g/mol. The van der Waals surface area contributed by atoms with Gasteiger partial charge in [-0.1, -0.05) is 6.07 Å². The number of thioether (sulfide) groups is 1. The third kappa shape index (κ3) is 3.50. The van der Waals surface area contributed by atoms with Crippen LogP contribution in [0, 0.1) is 6.92 Å². The zero-order valence-electron chi connectivity index (χ0n) is 10.8. The van der Waals surface area contributed by atoms with E-state index >= 15 is 0 Å². The lowest BCUT2D eigenvalue weighted by Crippen LogP contribution is -2.35. The number of rotatable bonds is 5. The van der Waals surface area contributed by atoms with Crippen LogP contribution in [0.25, 0.3) is 0 Å². The molecule has 0 aliphatic heterocycles. The van der Waals surface area contributed by atoms with E-state index in [2.05, 4.69) is 0 Å². The van der Waals surface area contributed by atoms with Gasteiger partial charge in [0.1, 0.15) is 6.54 Å². The molecule has 0 fully saturated rings. The van der Waals surface area contributed by atoms with Crippen molar-refractivity contribution in [2.45, 2.75) is 18.7 Å². The van der Waals surface area contributed by atoms with Crippen LogP contribution in [0.2, 0.25) is 0 Å². The van der Waals surface area contributed by atoms with Crippen molar-refractivity contribution in [3.8, 4) is 0 Å². The van der Waals surface area contributed by atoms with Crippen molar-refractivity contribution in [2.24, 2.45) is 0 Å². The molecule has 1 amide bonds. The Morgan fingerprint density at radius 1 is 1.39 bits per heavy atom. The van der Waals surface area contributed by atoms with Crippen molar-refractivity contribution < 1.29 is 14.7 Å². The first-order valence-corrected chi connectivity index (χ1v) is 6.87. The number of aryl methyl sites for hydroxylation is 1. The molecule has 0 bridgehead atoms. The van der Waals surface area contributed by atoms with Crippen molar-refractivity contribution >= 4 is 23.6 Å². The quantitative estimate of drug-likeness (QED) is 0.831. The Labute approximate surface area is 111 Å². The molecular formula is C13H17NO3S. The largest absolute Gasteiger partial charge is 0.480 e. The van der Waals surface area contributed by atoms with E-state index in [1.54, 1.807) is 18.7 Å². The van der Waals surface area contributed by atoms with E-state index in [-0.39, 0.29) is 12.5 Å². The Kier molecular flexibility index (Phi) is 5.22. The van der Waals surface area contributed by atoms with Gasteiger partial charge in [-0.3, -0.25) is 9.59 Å². The lowest BCUT2D eigenvalue weighted by Gasteiger charge is -2.20. The second-order valence-corrected chi connectivity index (χ2v) is 4.77. The summed E-state index contributed by atoms with van der Waals surface area (Å²) in [6, 6.07) is 5.64. The SMILES string of the molecule is CCN(CC(=O)O)C(=O)c1cc(SC)ccc1C. The van der Waals surface area contributed by atoms with Crippen LogP contribution >= 0.6 is 11.8 Å². The summed E-state index contributed by atoms with van der Waals surface area (Å²) in [6.07, 6.45) is 1.94. The number of carboxylic acid groups (broad SMARTS) is 1. The first kappa shape index (κ1) is 14.6. The smallest absolute Gasteiger partial charge is 0.323 e. The number of hydrogen-bond donors (Lipinski definition) is 1. The fourth-order valence-corrected chi connectivity index (χ4v) is 2.06. The molecule has 18 heavy (non-hydrogen) atoms. The van der Waals surface area contributed by atoms with Crippen LogP contribution in [0.3, 0.4) is 0 Å². The number of carbonyl (C=O) groups is 2. The summed E-state index contributed by atoms with van der Waals surface area (Å²) in [7, 11) is 0. The summed E-state index contributed by atoms with van der Waals surface area (Å²) >= 11 is 1.56. The number of nitrogens with zero attached hydrogens (tertiary/aromatic N) is 1. The fraction of sp³-hybridized carbons (Fsp3) is 0.385. The van der Waals surface area contributed by atoms with Crippen LogP contribution in [-0.2, 0) is 4.79 Å². The molecule has 5 heteroatoms. The first-order valence-electron chi connectivity index (χ1n) is 5.65. The molecule has 1 rings (SSSR count). The highest BCUT2D eigenvalue weighted by Crippen LogP contribution is 2.20. The number of hydrogen-bond acceptors (Lipinski definition) is 3. The van der Waals surface area contributed by atoms with Crippen LogP contribution < -0.4 is 0 Å². The maximum Gasteiger partial charge on any atom is 0.323 e. The van der Waals surface area contributed by atoms with Crippen molar-refractivity contribution in [1.29, 1.82) is 0 Å². The van der Waals surface area contributed by atoms with E-state index in [1.807, 2.05) is 31.4 Å². The van der Waals surface area contributed by atoms with E-state index in [0.717, 1.165) is 10.5 Å². The van der Waals surface area contributed by atoms with Gasteiger partial charge in [-0.05, 0) is 37.8 Å². The Hall–Kier alpha value is -1.49. The van der Waals surface area contributed by atoms with Crippen LogP contribution in [0.4, 0.5) is 0 Å². The molecule has 0 aromatic heterocycles. The predicted molar refractivity (Wildman–Crippen MR) is 72.2 cm³/mol. The molecule has 0 unspecified atom stereocenters. The number of aliphatic carboxylic acids is 1. The molecule has 98 valence electrons. The molecule has 0 saturated heterocycles. The first-order chi connectivity index (χ1) is 8.49. The maximum atomic E-state index is 12.3. The van der Waals surface area contributed by atoms with Crippen molar-refractivity contribution in [3.05, 3.63) is 29.3 Å². The average Bonchev–Trinajstić information content (AvgIpc) is 2.35. The minimum Gasteiger partial charge on any atom is -0.480 e. The molecule has 1 N–H and O–H groups in total. The topological polar surface area (TPSA) is 57.6 Å². The van der Waals surface area contributed by atoms with Crippen LogP contribution in [0.1, 0.15) is 22.8 Å². The summed E-state index contributed by atoms with van der Waals surface area (Å²) in [5.41, 5.74) is 1.44. The van der Waals surface area contributed by atoms with Gasteiger partial charge in [-0.2, -0.15) is 0 Å². The van der Waals surface area contributed by atoms with Gasteiger partial charge >= 0.3 is 5.97 Å². The van der Waals surface area contributed by atoms with E-state index in [0.29, 0.717) is 12.1 Å². The highest BCUT2D eigenvalue weighted by molar-refractivity contribution is 7.98. The van der Waals surface area contributed by atoms with Gasteiger partial charge in [0, 0.05) is 17.0 Å². The van der Waals surface area contributed by atoms with Gasteiger partial charge < -0.3 is 10.0 Å². The van der Waals surface area contributed by atoms with Crippen LogP contribution in [0.15, 0.2) is 23.1 Å². The summed E-state index contributed by atoms with van der Waals surface area (Å²) in [6.45, 7) is 3.74. The fourth-order valence-electron chi connectivity index (χ4n) is 1.62. The zero-order valence-corrected chi connectivity index (χ0v) is 11.6. The Morgan fingerprint density at radius 2 is 2.06 bits per heavy atom. The van der Waals surface area contributed by atoms with E-state index in [9.17, 15) is 9.59 Å². The molecule has 0 saturated carbocycles. The second kappa shape index (κ2) is 6.44. The Balaban J connectivity index is 3.04. The number of benzene rings is 1. The molecule has 0 spiro atoms. The second-order valence-electron chi connectivity index (χ2n) is 3.89. The number of carboxylic acids is 1. The molecule has 0 atom stereocenters. The summed E-state index contributed by atoms with van der Waals surface area (Å²) in [5, 5.41) is 8.78. The Morgan fingerprint density at radius 3 is 2.56 bits per heavy atom. The summed E-state index contributed by atoms with van der Waals surface area (Å²) in [5.74, 6) is -1.22. The van der Waals surface area contributed by atoms with E-state index < -0.39 is 5.97 Å². The zero-order chi connectivity index (χ0) is 13.7. The average molecular weight is 267 g/mol. The number of carbonyl (C=O) groups excluding carboxylic acids is 1. The summed E-state index contributed by atoms with van der Waals surface area (Å²) in [4.78, 5) is 25.3. The lowest BCUT2D eigenvalue weighted by molar-refractivity contribution is -0.137. The molecule has 4 nitrogen and oxygen atoms in total. The van der Waals surface area contributed by atoms with Crippen molar-refractivity contribution in [1.82, 2.24) is 4.90 Å². The lowest BCUT2D eigenvalue weighted by atomic mass is 10.1. The molecule has 0 aliphatic rings. The molecular weight excluding hydrogens is 250 g/mol. The van der Waals surface area contributed by atoms with E-state index in [1.165, 1.54) is 4.90 Å². The molecule has 1 aromatic rings. The molecule has 1 aromatic carbocycles. The van der Waals surface area contributed by atoms with Gasteiger partial charge in [-0.15, -0.1) is 11.8 Å². The molecule has 0 aliphatic carbocycles. The number of amides is 1. The summed E-state index contributed by atoms with van der Waals surface area (Å²) < 4.78 is 0. The minimum atomic E-state index is -0.996. The van der Waals surface area contributed by atoms with Crippen LogP contribution in [0.5, 0.6) is 0 Å². The minimum absolute atomic E-state index is 0.228. The van der Waals surface area contributed by atoms with Gasteiger partial charge in [-0.25, -0.2) is 0 Å². The third-order valence-corrected chi connectivity index (χ3v) is 3.40. The van der Waals surface area contributed by atoms with Crippen molar-refractivity contribution in [2.75, 3.05) is 19.3 Å². The predicted octanol–water partition coefficient (Wildman–Crippen LogP) is 2.26. The van der Waals surface area contributed by atoms with Gasteiger partial charge in [0.2, 0.25) is 0 Å². The van der Waals surface area contributed by atoms with Gasteiger partial charge in [0.05, 0.1) is 0 Å². The van der Waals surface area contributed by atoms with Gasteiger partial charge in [0.15, 0.2) is 0 Å². The van der Waals surface area contributed by atoms with Gasteiger partial charge in [0.25, 0.3) is 5.91 Å². The Bertz CT molecular complexity index is 460. The molecule has 0 heterocycles. The third-order valence-electron chi connectivity index (χ3n) is 2.67.